The maximum atomic E-state index is 15.0. The van der Waals surface area contributed by atoms with Crippen molar-refractivity contribution in [3.63, 3.8) is 0 Å². The topological polar surface area (TPSA) is 66.8 Å². The van der Waals surface area contributed by atoms with Crippen molar-refractivity contribution in [2.75, 3.05) is 6.61 Å². The number of halogens is 2. The van der Waals surface area contributed by atoms with Crippen LogP contribution < -0.4 is 10.4 Å². The Labute approximate surface area is 301 Å². The van der Waals surface area contributed by atoms with Crippen molar-refractivity contribution in [3.8, 4) is 0 Å². The van der Waals surface area contributed by atoms with Crippen LogP contribution in [0.2, 0.25) is 15.1 Å². The number of aliphatic carboxylic acids is 1. The number of carboxylic acids is 1. The van der Waals surface area contributed by atoms with Gasteiger partial charge in [0.25, 0.3) is 8.32 Å². The molecule has 0 unspecified atom stereocenters. The molecule has 1 aliphatic heterocycles. The number of carbonyl (C=O) groups excluding carboxylic acids is 1. The fraction of sp³-hybridized carbons (Fsp3) is 0.317. The minimum Gasteiger partial charge on any atom is -0.478 e. The number of carbonyl (C=O) groups is 2. The first kappa shape index (κ1) is 36.6. The molecule has 0 aliphatic carbocycles. The number of benzene rings is 4. The van der Waals surface area contributed by atoms with E-state index in [4.69, 9.17) is 27.6 Å². The van der Waals surface area contributed by atoms with Crippen molar-refractivity contribution < 1.29 is 19.1 Å². The molecule has 0 spiro atoms. The first-order chi connectivity index (χ1) is 23.3. The first-order valence-electron chi connectivity index (χ1n) is 16.8. The van der Waals surface area contributed by atoms with Crippen molar-refractivity contribution in [3.05, 3.63) is 143 Å². The molecular formula is C41H45Cl2NO4Si. The molecule has 4 aromatic rings. The van der Waals surface area contributed by atoms with Gasteiger partial charge < -0.3 is 14.4 Å². The Kier molecular flexibility index (Phi) is 11.2. The van der Waals surface area contributed by atoms with Gasteiger partial charge in [0.05, 0.1) is 24.1 Å². The molecule has 5 nitrogen and oxygen atoms in total. The Bertz CT molecular complexity index is 1740. The molecular weight excluding hydrogens is 669 g/mol. The molecule has 1 amide bonds. The molecule has 5 rings (SSSR count). The predicted octanol–water partition coefficient (Wildman–Crippen LogP) is 9.05. The zero-order valence-electron chi connectivity index (χ0n) is 28.8. The summed E-state index contributed by atoms with van der Waals surface area (Å²) < 4.78 is 7.44. The molecule has 0 bridgehead atoms. The van der Waals surface area contributed by atoms with Crippen LogP contribution in [0.4, 0.5) is 0 Å². The van der Waals surface area contributed by atoms with E-state index in [1.54, 1.807) is 6.08 Å². The summed E-state index contributed by atoms with van der Waals surface area (Å²) in [5, 5.41) is 12.9. The lowest BCUT2D eigenvalue weighted by Crippen LogP contribution is -2.67. The lowest BCUT2D eigenvalue weighted by Gasteiger charge is -2.52. The Balaban J connectivity index is 1.69. The van der Waals surface area contributed by atoms with E-state index in [-0.39, 0.29) is 28.9 Å². The Morgan fingerprint density at radius 2 is 1.51 bits per heavy atom. The third-order valence-corrected chi connectivity index (χ3v) is 15.4. The van der Waals surface area contributed by atoms with Gasteiger partial charge in [-0.3, -0.25) is 4.79 Å². The number of nitrogens with zero attached hydrogens (tertiary/aromatic N) is 1. The van der Waals surface area contributed by atoms with Crippen molar-refractivity contribution in [1.82, 2.24) is 4.90 Å². The number of carboxylic acid groups (broad SMARTS) is 1. The van der Waals surface area contributed by atoms with Gasteiger partial charge in [-0.15, -0.1) is 0 Å². The molecule has 1 fully saturated rings. The smallest absolute Gasteiger partial charge is 0.328 e. The molecule has 4 atom stereocenters. The molecule has 1 heterocycles. The van der Waals surface area contributed by atoms with E-state index in [0.717, 1.165) is 27.6 Å². The summed E-state index contributed by atoms with van der Waals surface area (Å²) in [6.45, 7) is 10.9. The van der Waals surface area contributed by atoms with E-state index in [1.165, 1.54) is 0 Å². The molecule has 1 saturated heterocycles. The van der Waals surface area contributed by atoms with E-state index in [9.17, 15) is 9.90 Å². The van der Waals surface area contributed by atoms with Gasteiger partial charge in [-0.2, -0.15) is 0 Å². The lowest BCUT2D eigenvalue weighted by atomic mass is 9.68. The van der Waals surface area contributed by atoms with Gasteiger partial charge in [-0.05, 0) is 70.6 Å². The number of amides is 1. The van der Waals surface area contributed by atoms with Gasteiger partial charge in [0, 0.05) is 22.0 Å². The van der Waals surface area contributed by atoms with Gasteiger partial charge in [-0.1, -0.05) is 142 Å². The van der Waals surface area contributed by atoms with Crippen LogP contribution in [0.5, 0.6) is 0 Å². The van der Waals surface area contributed by atoms with Gasteiger partial charge in [0.2, 0.25) is 5.91 Å². The van der Waals surface area contributed by atoms with Crippen molar-refractivity contribution in [1.29, 1.82) is 0 Å². The Morgan fingerprint density at radius 1 is 0.918 bits per heavy atom. The SMILES string of the molecule is CC[C@@H](CO[Si](c1ccccc1)(c1ccccc1)C(C)(C)C)N1C(=O)[C@](C)(C=CC(=O)O)C[C@H](c2cccc(Cl)c2)[C@H]1c1ccc(Cl)cc1. The average Bonchev–Trinajstić information content (AvgIpc) is 3.08. The number of likely N-dealkylation sites (tertiary alicyclic amines) is 1. The van der Waals surface area contributed by atoms with Gasteiger partial charge in [0.15, 0.2) is 0 Å². The molecule has 256 valence electrons. The normalized spacial score (nSPS) is 20.8. The molecule has 8 heteroatoms. The quantitative estimate of drug-likeness (QED) is 0.124. The van der Waals surface area contributed by atoms with E-state index >= 15 is 4.79 Å². The van der Waals surface area contributed by atoms with Crippen LogP contribution in [0, 0.1) is 5.41 Å². The second-order valence-corrected chi connectivity index (χ2v) is 19.4. The third kappa shape index (κ3) is 7.58. The summed E-state index contributed by atoms with van der Waals surface area (Å²) in [6, 6.07) is 35.6. The van der Waals surface area contributed by atoms with E-state index in [1.807, 2.05) is 72.5 Å². The van der Waals surface area contributed by atoms with E-state index in [0.29, 0.717) is 29.5 Å². The van der Waals surface area contributed by atoms with Gasteiger partial charge >= 0.3 is 5.97 Å². The van der Waals surface area contributed by atoms with Crippen LogP contribution >= 0.6 is 23.2 Å². The third-order valence-electron chi connectivity index (χ3n) is 9.90. The minimum absolute atomic E-state index is 0.138. The molecule has 0 radical (unpaired) electrons. The zero-order chi connectivity index (χ0) is 35.4. The molecule has 4 aromatic carbocycles. The summed E-state index contributed by atoms with van der Waals surface area (Å²) in [5.41, 5.74) is 0.817. The number of hydrogen-bond donors (Lipinski definition) is 1. The highest BCUT2D eigenvalue weighted by molar-refractivity contribution is 6.99. The van der Waals surface area contributed by atoms with Crippen LogP contribution in [0.25, 0.3) is 0 Å². The van der Waals surface area contributed by atoms with Crippen LogP contribution in [0.3, 0.4) is 0 Å². The van der Waals surface area contributed by atoms with Crippen molar-refractivity contribution in [2.45, 2.75) is 70.5 Å². The van der Waals surface area contributed by atoms with Crippen LogP contribution in [-0.2, 0) is 14.0 Å². The summed E-state index contributed by atoms with van der Waals surface area (Å²) in [5.74, 6) is -1.44. The summed E-state index contributed by atoms with van der Waals surface area (Å²) in [7, 11) is -2.94. The summed E-state index contributed by atoms with van der Waals surface area (Å²) >= 11 is 12.9. The van der Waals surface area contributed by atoms with Crippen molar-refractivity contribution >= 4 is 53.8 Å². The zero-order valence-corrected chi connectivity index (χ0v) is 31.3. The fourth-order valence-corrected chi connectivity index (χ4v) is 12.4. The highest BCUT2D eigenvalue weighted by Gasteiger charge is 2.53. The molecule has 1 aliphatic rings. The second-order valence-electron chi connectivity index (χ2n) is 14.2. The fourth-order valence-electron chi connectivity index (χ4n) is 7.53. The largest absolute Gasteiger partial charge is 0.478 e. The highest BCUT2D eigenvalue weighted by Crippen LogP contribution is 2.52. The average molecular weight is 715 g/mol. The number of rotatable bonds is 11. The van der Waals surface area contributed by atoms with Gasteiger partial charge in [-0.25, -0.2) is 4.79 Å². The van der Waals surface area contributed by atoms with Crippen LogP contribution in [0.15, 0.2) is 121 Å². The maximum absolute atomic E-state index is 15.0. The number of piperidine rings is 1. The van der Waals surface area contributed by atoms with E-state index in [2.05, 4.69) is 76.2 Å². The van der Waals surface area contributed by atoms with Crippen molar-refractivity contribution in [2.24, 2.45) is 5.41 Å². The maximum Gasteiger partial charge on any atom is 0.328 e. The Morgan fingerprint density at radius 3 is 2.02 bits per heavy atom. The molecule has 1 N–H and O–H groups in total. The molecule has 0 aromatic heterocycles. The predicted molar refractivity (Wildman–Crippen MR) is 202 cm³/mol. The van der Waals surface area contributed by atoms with Crippen LogP contribution in [-0.4, -0.2) is 42.8 Å². The second kappa shape index (κ2) is 15.1. The van der Waals surface area contributed by atoms with E-state index < -0.39 is 19.7 Å². The first-order valence-corrected chi connectivity index (χ1v) is 19.5. The lowest BCUT2D eigenvalue weighted by molar-refractivity contribution is -0.152. The highest BCUT2D eigenvalue weighted by atomic mass is 35.5. The standard InChI is InChI=1S/C41H45Cl2NO4Si/c1-6-33(28-48-49(40(2,3)4,34-16-9-7-10-17-34)35-18-11-8-12-19-35)44-38(29-20-22-31(42)23-21-29)36(30-14-13-15-32(43)26-30)27-41(5,39(44)47)25-24-37(45)46/h7-26,33,36,38H,6,27-28H2,1-5H3,(H,45,46)/t33-,36+,38+,41+/m0/s1. The van der Waals surface area contributed by atoms with Gasteiger partial charge in [0.1, 0.15) is 0 Å². The Hall–Kier alpha value is -3.68. The minimum atomic E-state index is -2.94. The number of hydrogen-bond acceptors (Lipinski definition) is 3. The molecule has 0 saturated carbocycles. The summed E-state index contributed by atoms with van der Waals surface area (Å²) in [4.78, 5) is 28.8. The summed E-state index contributed by atoms with van der Waals surface area (Å²) in [6.07, 6.45) is 3.66. The van der Waals surface area contributed by atoms with Crippen LogP contribution in [0.1, 0.15) is 70.5 Å². The monoisotopic (exact) mass is 713 g/mol. The molecule has 49 heavy (non-hydrogen) atoms.